The van der Waals surface area contributed by atoms with Crippen molar-refractivity contribution in [3.8, 4) is 5.75 Å². The van der Waals surface area contributed by atoms with Crippen LogP contribution in [0, 0.1) is 30.3 Å². The van der Waals surface area contributed by atoms with Crippen molar-refractivity contribution in [2.24, 2.45) is 5.73 Å². The number of aliphatic hydroxyl groups is 1. The number of nitrogens with two attached hydrogens (primary N) is 1. The fourth-order valence-corrected chi connectivity index (χ4v) is 1.39. The number of hydrogen-bond donors (Lipinski definition) is 4. The Bertz CT molecular complexity index is 571. The molecule has 0 aliphatic carbocycles. The van der Waals surface area contributed by atoms with Crippen molar-refractivity contribution in [1.29, 1.82) is 0 Å². The maximum absolute atomic E-state index is 10.4. The lowest BCUT2D eigenvalue weighted by atomic mass is 10.2. The summed E-state index contributed by atoms with van der Waals surface area (Å²) in [6.45, 7) is 3.79. The summed E-state index contributed by atoms with van der Waals surface area (Å²) in [6.07, 6.45) is -0.262. The second-order valence-corrected chi connectivity index (χ2v) is 4.45. The third kappa shape index (κ3) is 6.91. The Hall–Kier alpha value is -2.90. The van der Waals surface area contributed by atoms with E-state index in [4.69, 9.17) is 15.9 Å². The van der Waals surface area contributed by atoms with Gasteiger partial charge in [-0.15, -0.1) is 0 Å². The third-order valence-corrected chi connectivity index (χ3v) is 2.42. The normalized spacial score (nSPS) is 11.1. The Kier molecular flexibility index (Phi) is 8.78. The highest BCUT2D eigenvalue weighted by atomic mass is 16.6. The lowest BCUT2D eigenvalue weighted by molar-refractivity contribution is -0.404. The second-order valence-electron chi connectivity index (χ2n) is 4.45. The number of nitro benzene ring substituents is 3. The minimum absolute atomic E-state index is 0.262. The number of nitrogens with zero attached hydrogens (tertiary/aromatic N) is 3. The molecule has 0 radical (unpaired) electrons. The van der Waals surface area contributed by atoms with Crippen LogP contribution in [0.15, 0.2) is 12.1 Å². The van der Waals surface area contributed by atoms with Crippen molar-refractivity contribution in [2.75, 3.05) is 19.6 Å². The first-order chi connectivity index (χ1) is 11.1. The van der Waals surface area contributed by atoms with Gasteiger partial charge in [-0.05, 0) is 6.92 Å². The van der Waals surface area contributed by atoms with Gasteiger partial charge in [-0.3, -0.25) is 30.3 Å². The minimum Gasteiger partial charge on any atom is -0.497 e. The Morgan fingerprint density at radius 2 is 1.58 bits per heavy atom. The average molecular weight is 347 g/mol. The van der Waals surface area contributed by atoms with Gasteiger partial charge in [0.2, 0.25) is 0 Å². The van der Waals surface area contributed by atoms with Crippen LogP contribution in [0.2, 0.25) is 0 Å². The zero-order valence-corrected chi connectivity index (χ0v) is 12.6. The molecular formula is C11H17N5O8. The zero-order chi connectivity index (χ0) is 18.9. The molecule has 0 saturated carbocycles. The first-order valence-electron chi connectivity index (χ1n) is 6.50. The van der Waals surface area contributed by atoms with Crippen LogP contribution in [0.4, 0.5) is 17.1 Å². The maximum Gasteiger partial charge on any atom is 0.324 e. The molecular weight excluding hydrogens is 330 g/mol. The fraction of sp³-hybridized carbons (Fsp3) is 0.455. The Morgan fingerprint density at radius 3 is 1.88 bits per heavy atom. The molecule has 0 heterocycles. The highest BCUT2D eigenvalue weighted by Gasteiger charge is 2.30. The quantitative estimate of drug-likeness (QED) is 0.295. The summed E-state index contributed by atoms with van der Waals surface area (Å²) in [6, 6.07) is 0.894. The smallest absolute Gasteiger partial charge is 0.324 e. The van der Waals surface area contributed by atoms with Crippen LogP contribution in [0.1, 0.15) is 6.92 Å². The largest absolute Gasteiger partial charge is 0.497 e. The van der Waals surface area contributed by atoms with Crippen LogP contribution >= 0.6 is 0 Å². The van der Waals surface area contributed by atoms with Crippen molar-refractivity contribution >= 4 is 17.1 Å². The average Bonchev–Trinajstić information content (AvgIpc) is 2.47. The number of aliphatic hydroxyl groups excluding tert-OH is 1. The predicted octanol–water partition coefficient (Wildman–Crippen LogP) is 0.0323. The van der Waals surface area contributed by atoms with Gasteiger partial charge >= 0.3 is 11.4 Å². The molecule has 0 amide bonds. The molecule has 1 atom stereocenters. The Labute approximate surface area is 135 Å². The molecule has 13 nitrogen and oxygen atoms in total. The molecule has 1 unspecified atom stereocenters. The number of aromatic hydroxyl groups is 1. The molecule has 1 aromatic carbocycles. The maximum atomic E-state index is 10.4. The number of hydrogen-bond acceptors (Lipinski definition) is 10. The van der Waals surface area contributed by atoms with E-state index >= 15 is 0 Å². The van der Waals surface area contributed by atoms with Crippen molar-refractivity contribution < 1.29 is 25.0 Å². The molecule has 24 heavy (non-hydrogen) atoms. The van der Waals surface area contributed by atoms with E-state index in [0.717, 1.165) is 6.54 Å². The number of non-ortho nitro benzene ring substituents is 1. The Morgan fingerprint density at radius 1 is 1.12 bits per heavy atom. The number of rotatable bonds is 7. The molecule has 134 valence electrons. The van der Waals surface area contributed by atoms with Gasteiger partial charge in [-0.2, -0.15) is 0 Å². The molecule has 13 heteroatoms. The van der Waals surface area contributed by atoms with E-state index in [1.807, 2.05) is 0 Å². The number of nitrogens with one attached hydrogen (secondary N) is 1. The molecule has 0 aliphatic heterocycles. The van der Waals surface area contributed by atoms with E-state index in [1.54, 1.807) is 6.92 Å². The molecule has 0 aliphatic rings. The summed E-state index contributed by atoms with van der Waals surface area (Å²) in [4.78, 5) is 27.8. The van der Waals surface area contributed by atoms with E-state index in [-0.39, 0.29) is 6.10 Å². The van der Waals surface area contributed by atoms with E-state index in [2.05, 4.69) is 5.32 Å². The van der Waals surface area contributed by atoms with E-state index in [9.17, 15) is 30.3 Å². The van der Waals surface area contributed by atoms with Gasteiger partial charge in [0.25, 0.3) is 11.4 Å². The van der Waals surface area contributed by atoms with Crippen LogP contribution in [0.25, 0.3) is 0 Å². The topological polar surface area (TPSA) is 208 Å². The van der Waals surface area contributed by atoms with Gasteiger partial charge in [0.1, 0.15) is 0 Å². The summed E-state index contributed by atoms with van der Waals surface area (Å²) < 4.78 is 0. The number of nitro groups is 3. The standard InChI is InChI=1S/C6H3N3O7.C5H14N2O/c10-6-4(8(13)14)1-3(7(11)12)2-5(6)9(15)16;1-5(8)4-7-3-2-6/h1-2,10H;5,7-8H,2-4,6H2,1H3. The van der Waals surface area contributed by atoms with Gasteiger partial charge in [0, 0.05) is 19.6 Å². The summed E-state index contributed by atoms with van der Waals surface area (Å²) in [5.74, 6) is -1.21. The summed E-state index contributed by atoms with van der Waals surface area (Å²) >= 11 is 0. The van der Waals surface area contributed by atoms with E-state index in [0.29, 0.717) is 25.2 Å². The summed E-state index contributed by atoms with van der Waals surface area (Å²) in [5.41, 5.74) is 2.17. The van der Waals surface area contributed by atoms with E-state index < -0.39 is 37.6 Å². The third-order valence-electron chi connectivity index (χ3n) is 2.42. The molecule has 0 bridgehead atoms. The minimum atomic E-state index is -1.21. The molecule has 0 spiro atoms. The van der Waals surface area contributed by atoms with Crippen molar-refractivity contribution in [2.45, 2.75) is 13.0 Å². The molecule has 5 N–H and O–H groups in total. The molecule has 0 saturated heterocycles. The fourth-order valence-electron chi connectivity index (χ4n) is 1.39. The molecule has 0 fully saturated rings. The van der Waals surface area contributed by atoms with Gasteiger partial charge < -0.3 is 21.3 Å². The first kappa shape index (κ1) is 21.1. The monoisotopic (exact) mass is 347 g/mol. The number of benzene rings is 1. The van der Waals surface area contributed by atoms with Gasteiger partial charge in [0.05, 0.1) is 33.0 Å². The van der Waals surface area contributed by atoms with Crippen LogP contribution in [-0.2, 0) is 0 Å². The van der Waals surface area contributed by atoms with Crippen LogP contribution in [0.3, 0.4) is 0 Å². The highest BCUT2D eigenvalue weighted by Crippen LogP contribution is 2.38. The van der Waals surface area contributed by atoms with Crippen LogP contribution in [0.5, 0.6) is 5.75 Å². The van der Waals surface area contributed by atoms with E-state index in [1.165, 1.54) is 0 Å². The van der Waals surface area contributed by atoms with Crippen LogP contribution < -0.4 is 11.1 Å². The highest BCUT2D eigenvalue weighted by molar-refractivity contribution is 5.64. The van der Waals surface area contributed by atoms with Gasteiger partial charge in [-0.1, -0.05) is 0 Å². The van der Waals surface area contributed by atoms with Gasteiger partial charge in [0.15, 0.2) is 0 Å². The predicted molar refractivity (Wildman–Crippen MR) is 81.7 cm³/mol. The molecule has 1 rings (SSSR count). The second kappa shape index (κ2) is 9.98. The lowest BCUT2D eigenvalue weighted by Gasteiger charge is -2.03. The number of phenolic OH excluding ortho intramolecular Hbond substituents is 1. The van der Waals surface area contributed by atoms with Gasteiger partial charge in [-0.25, -0.2) is 0 Å². The molecule has 1 aromatic rings. The summed E-state index contributed by atoms with van der Waals surface area (Å²) in [7, 11) is 0. The van der Waals surface area contributed by atoms with Crippen LogP contribution in [-0.4, -0.2) is 50.7 Å². The Balaban J connectivity index is 0.000000561. The first-order valence-corrected chi connectivity index (χ1v) is 6.50. The number of phenols is 1. The molecule has 0 aromatic heterocycles. The van der Waals surface area contributed by atoms with Crippen molar-refractivity contribution in [3.63, 3.8) is 0 Å². The van der Waals surface area contributed by atoms with Crippen molar-refractivity contribution in [3.05, 3.63) is 42.5 Å². The van der Waals surface area contributed by atoms with Crippen molar-refractivity contribution in [1.82, 2.24) is 5.32 Å². The SMILES string of the molecule is CC(O)CNCCN.O=[N+]([O-])c1cc([N+](=O)[O-])c(O)c([N+](=O)[O-])c1. The lowest BCUT2D eigenvalue weighted by Crippen LogP contribution is -2.29. The summed E-state index contributed by atoms with van der Waals surface area (Å²) in [5, 5.41) is 51.8. The zero-order valence-electron chi connectivity index (χ0n) is 12.6.